The van der Waals surface area contributed by atoms with Crippen LogP contribution in [0.2, 0.25) is 0 Å². The maximum atomic E-state index is 9.26. The summed E-state index contributed by atoms with van der Waals surface area (Å²) in [5.41, 5.74) is 0. The summed E-state index contributed by atoms with van der Waals surface area (Å²) in [6.07, 6.45) is 0. The van der Waals surface area contributed by atoms with Gasteiger partial charge in [-0.15, -0.1) is 0 Å². The molecule has 5 heteroatoms. The molecule has 2 N–H and O–H groups in total. The van der Waals surface area contributed by atoms with Crippen LogP contribution in [0.15, 0.2) is 58.3 Å². The molecule has 0 bridgehead atoms. The minimum atomic E-state index is 0.209. The van der Waals surface area contributed by atoms with Crippen molar-refractivity contribution in [2.75, 3.05) is 0 Å². The standard InChI is InChI=1S/C12H10O3S2/c13-9-3-1-5-11(7-9)16-15-17-12-6-2-4-10(14)8-12/h1-8,13-14H. The van der Waals surface area contributed by atoms with Gasteiger partial charge in [0.15, 0.2) is 0 Å². The van der Waals surface area contributed by atoms with Crippen LogP contribution in [-0.2, 0) is 3.63 Å². The molecular formula is C12H10O3S2. The van der Waals surface area contributed by atoms with Gasteiger partial charge in [-0.1, -0.05) is 12.1 Å². The van der Waals surface area contributed by atoms with E-state index >= 15 is 0 Å². The maximum absolute atomic E-state index is 9.26. The van der Waals surface area contributed by atoms with Crippen molar-refractivity contribution < 1.29 is 13.8 Å². The zero-order valence-corrected chi connectivity index (χ0v) is 10.4. The molecule has 0 atom stereocenters. The number of benzene rings is 2. The number of aromatic hydroxyl groups is 2. The first-order chi connectivity index (χ1) is 8.24. The topological polar surface area (TPSA) is 49.7 Å². The Kier molecular flexibility index (Phi) is 4.19. The molecule has 0 radical (unpaired) electrons. The molecule has 0 spiro atoms. The summed E-state index contributed by atoms with van der Waals surface area (Å²) in [7, 11) is 0. The highest BCUT2D eigenvalue weighted by Gasteiger charge is 2.00. The quantitative estimate of drug-likeness (QED) is 0.824. The molecule has 0 saturated carbocycles. The van der Waals surface area contributed by atoms with Crippen LogP contribution in [0.4, 0.5) is 0 Å². The molecule has 0 aromatic heterocycles. The van der Waals surface area contributed by atoms with Crippen molar-refractivity contribution in [2.24, 2.45) is 0 Å². The van der Waals surface area contributed by atoms with E-state index in [1.807, 2.05) is 12.1 Å². The lowest BCUT2D eigenvalue weighted by atomic mass is 10.3. The van der Waals surface area contributed by atoms with Crippen LogP contribution in [0.5, 0.6) is 11.5 Å². The molecule has 3 nitrogen and oxygen atoms in total. The van der Waals surface area contributed by atoms with Crippen molar-refractivity contribution in [3.05, 3.63) is 48.5 Å². The first kappa shape index (κ1) is 12.2. The minimum absolute atomic E-state index is 0.209. The van der Waals surface area contributed by atoms with Crippen LogP contribution in [0.3, 0.4) is 0 Å². The molecular weight excluding hydrogens is 256 g/mol. The Morgan fingerprint density at radius 3 is 1.65 bits per heavy atom. The normalized spacial score (nSPS) is 10.4. The second kappa shape index (κ2) is 5.86. The van der Waals surface area contributed by atoms with E-state index < -0.39 is 0 Å². The lowest BCUT2D eigenvalue weighted by Gasteiger charge is -2.02. The molecule has 2 aromatic rings. The van der Waals surface area contributed by atoms with Crippen LogP contribution in [0.25, 0.3) is 0 Å². The lowest BCUT2D eigenvalue weighted by molar-refractivity contribution is 0.473. The van der Waals surface area contributed by atoms with E-state index in [1.165, 1.54) is 0 Å². The number of phenolic OH excluding ortho intramolecular Hbond substituents is 2. The fraction of sp³-hybridized carbons (Fsp3) is 0. The van der Waals surface area contributed by atoms with Gasteiger partial charge < -0.3 is 10.2 Å². The Bertz CT molecular complexity index is 457. The highest BCUT2D eigenvalue weighted by molar-refractivity contribution is 8.07. The second-order valence-corrected chi connectivity index (χ2v) is 5.05. The van der Waals surface area contributed by atoms with E-state index in [9.17, 15) is 10.2 Å². The Labute approximate surface area is 108 Å². The van der Waals surface area contributed by atoms with Gasteiger partial charge in [-0.25, -0.2) is 3.63 Å². The number of phenols is 2. The van der Waals surface area contributed by atoms with Gasteiger partial charge in [0.1, 0.15) is 11.5 Å². The third-order valence-electron chi connectivity index (χ3n) is 1.90. The summed E-state index contributed by atoms with van der Waals surface area (Å²) in [5.74, 6) is 0.418. The van der Waals surface area contributed by atoms with Crippen molar-refractivity contribution in [3.8, 4) is 11.5 Å². The number of hydrogen-bond donors (Lipinski definition) is 2. The molecule has 0 fully saturated rings. The highest BCUT2D eigenvalue weighted by Crippen LogP contribution is 2.31. The van der Waals surface area contributed by atoms with E-state index in [0.717, 1.165) is 33.9 Å². The fourth-order valence-electron chi connectivity index (χ4n) is 1.17. The monoisotopic (exact) mass is 266 g/mol. The van der Waals surface area contributed by atoms with Gasteiger partial charge >= 0.3 is 0 Å². The van der Waals surface area contributed by atoms with Gasteiger partial charge in [0.25, 0.3) is 0 Å². The van der Waals surface area contributed by atoms with Crippen LogP contribution in [-0.4, -0.2) is 10.2 Å². The minimum Gasteiger partial charge on any atom is -0.508 e. The highest BCUT2D eigenvalue weighted by atomic mass is 32.2. The smallest absolute Gasteiger partial charge is 0.116 e. The molecule has 0 aliphatic rings. The van der Waals surface area contributed by atoms with Crippen LogP contribution in [0.1, 0.15) is 0 Å². The average Bonchev–Trinajstić information content (AvgIpc) is 2.29. The Balaban J connectivity index is 1.87. The summed E-state index contributed by atoms with van der Waals surface area (Å²) in [6.45, 7) is 0. The van der Waals surface area contributed by atoms with Crippen LogP contribution in [0, 0.1) is 0 Å². The summed E-state index contributed by atoms with van der Waals surface area (Å²) in [6, 6.07) is 13.6. The Hall–Kier alpha value is -1.30. The first-order valence-electron chi connectivity index (χ1n) is 4.83. The third-order valence-corrected chi connectivity index (χ3v) is 3.33. The predicted molar refractivity (Wildman–Crippen MR) is 69.0 cm³/mol. The van der Waals surface area contributed by atoms with Gasteiger partial charge in [0.2, 0.25) is 0 Å². The summed E-state index contributed by atoms with van der Waals surface area (Å²) in [4.78, 5) is 1.63. The zero-order valence-electron chi connectivity index (χ0n) is 8.74. The second-order valence-electron chi connectivity index (χ2n) is 3.23. The van der Waals surface area contributed by atoms with Crippen LogP contribution >= 0.6 is 24.1 Å². The molecule has 88 valence electrons. The molecule has 0 aliphatic carbocycles. The van der Waals surface area contributed by atoms with E-state index in [2.05, 4.69) is 0 Å². The molecule has 0 heterocycles. The molecule has 0 saturated heterocycles. The average molecular weight is 266 g/mol. The fourth-order valence-corrected chi connectivity index (χ4v) is 2.54. The van der Waals surface area contributed by atoms with Crippen molar-refractivity contribution in [1.29, 1.82) is 0 Å². The van der Waals surface area contributed by atoms with Crippen molar-refractivity contribution in [1.82, 2.24) is 0 Å². The van der Waals surface area contributed by atoms with Crippen molar-refractivity contribution >= 4 is 24.1 Å². The lowest BCUT2D eigenvalue weighted by Crippen LogP contribution is -1.73. The van der Waals surface area contributed by atoms with E-state index in [0.29, 0.717) is 0 Å². The van der Waals surface area contributed by atoms with Gasteiger partial charge in [-0.3, -0.25) is 0 Å². The van der Waals surface area contributed by atoms with E-state index in [-0.39, 0.29) is 11.5 Å². The summed E-state index contributed by atoms with van der Waals surface area (Å²) in [5, 5.41) is 18.5. The molecule has 2 aromatic carbocycles. The summed E-state index contributed by atoms with van der Waals surface area (Å²) < 4.78 is 5.33. The van der Waals surface area contributed by atoms with Crippen LogP contribution < -0.4 is 0 Å². The van der Waals surface area contributed by atoms with Gasteiger partial charge in [0.05, 0.1) is 0 Å². The van der Waals surface area contributed by atoms with Gasteiger partial charge in [-0.2, -0.15) is 0 Å². The number of rotatable bonds is 4. The Morgan fingerprint density at radius 2 is 1.24 bits per heavy atom. The zero-order chi connectivity index (χ0) is 12.1. The van der Waals surface area contributed by atoms with E-state index in [4.69, 9.17) is 3.63 Å². The predicted octanol–water partition coefficient (Wildman–Crippen LogP) is 3.83. The first-order valence-corrected chi connectivity index (χ1v) is 6.31. The van der Waals surface area contributed by atoms with Gasteiger partial charge in [0, 0.05) is 33.9 Å². The Morgan fingerprint density at radius 1 is 0.765 bits per heavy atom. The third kappa shape index (κ3) is 3.89. The molecule has 17 heavy (non-hydrogen) atoms. The largest absolute Gasteiger partial charge is 0.508 e. The number of hydrogen-bond acceptors (Lipinski definition) is 5. The maximum Gasteiger partial charge on any atom is 0.116 e. The molecule has 0 aliphatic heterocycles. The van der Waals surface area contributed by atoms with Gasteiger partial charge in [-0.05, 0) is 36.4 Å². The van der Waals surface area contributed by atoms with Crippen molar-refractivity contribution in [2.45, 2.75) is 9.79 Å². The summed E-state index contributed by atoms with van der Waals surface area (Å²) >= 11 is 2.31. The molecule has 0 amide bonds. The SMILES string of the molecule is Oc1cccc(SOSc2cccc(O)c2)c1. The molecule has 2 rings (SSSR count). The molecule has 0 unspecified atom stereocenters. The van der Waals surface area contributed by atoms with E-state index in [1.54, 1.807) is 36.4 Å². The van der Waals surface area contributed by atoms with Crippen molar-refractivity contribution in [3.63, 3.8) is 0 Å².